The topological polar surface area (TPSA) is 107 Å². The Morgan fingerprint density at radius 3 is 2.81 bits per heavy atom. The molecule has 1 aromatic heterocycles. The molecule has 0 fully saturated rings. The van der Waals surface area contributed by atoms with Gasteiger partial charge in [0, 0.05) is 24.5 Å². The average Bonchev–Trinajstić information content (AvgIpc) is 3.03. The molecule has 0 aliphatic heterocycles. The van der Waals surface area contributed by atoms with E-state index in [-0.39, 0.29) is 30.4 Å². The Kier molecular flexibility index (Phi) is 7.52. The summed E-state index contributed by atoms with van der Waals surface area (Å²) in [6, 6.07) is 7.15. The van der Waals surface area contributed by atoms with Crippen molar-refractivity contribution in [1.82, 2.24) is 25.5 Å². The zero-order valence-corrected chi connectivity index (χ0v) is 16.1. The smallest absolute Gasteiger partial charge is 0.221 e. The first kappa shape index (κ1) is 20.3. The summed E-state index contributed by atoms with van der Waals surface area (Å²) in [6.07, 6.45) is 1.70. The van der Waals surface area contributed by atoms with Gasteiger partial charge in [-0.3, -0.25) is 4.79 Å². The van der Waals surface area contributed by atoms with E-state index < -0.39 is 9.84 Å². The minimum Gasteiger partial charge on any atom is -0.352 e. The van der Waals surface area contributed by atoms with Crippen LogP contribution in [-0.4, -0.2) is 40.3 Å². The number of hydrogen-bond donors (Lipinski definition) is 1. The van der Waals surface area contributed by atoms with Gasteiger partial charge >= 0.3 is 0 Å². The monoisotopic (exact) mass is 399 g/mol. The highest BCUT2D eigenvalue weighted by molar-refractivity contribution is 7.90. The number of aromatic nitrogens is 4. The predicted molar refractivity (Wildman–Crippen MR) is 98.1 cm³/mol. The van der Waals surface area contributed by atoms with Gasteiger partial charge in [0.05, 0.1) is 5.75 Å². The number of unbranched alkanes of at least 4 members (excludes halogenated alkanes) is 1. The van der Waals surface area contributed by atoms with Crippen molar-refractivity contribution in [1.29, 1.82) is 0 Å². The minimum absolute atomic E-state index is 0.122. The molecule has 1 aromatic carbocycles. The lowest BCUT2D eigenvalue weighted by Crippen LogP contribution is -2.26. The number of amides is 1. The Balaban J connectivity index is 1.83. The first-order chi connectivity index (χ1) is 12.4. The molecule has 0 spiro atoms. The van der Waals surface area contributed by atoms with Crippen LogP contribution in [0.2, 0.25) is 5.02 Å². The fourth-order valence-electron chi connectivity index (χ4n) is 2.25. The second-order valence-electron chi connectivity index (χ2n) is 5.88. The number of halogens is 1. The number of rotatable bonds is 10. The van der Waals surface area contributed by atoms with Crippen LogP contribution in [0, 0.1) is 0 Å². The summed E-state index contributed by atoms with van der Waals surface area (Å²) >= 11 is 6.02. The highest BCUT2D eigenvalue weighted by Gasteiger charge is 2.19. The first-order valence-electron chi connectivity index (χ1n) is 8.37. The molecule has 10 heteroatoms. The summed E-state index contributed by atoms with van der Waals surface area (Å²) < 4.78 is 26.0. The van der Waals surface area contributed by atoms with Crippen LogP contribution in [-0.2, 0) is 33.5 Å². The summed E-state index contributed by atoms with van der Waals surface area (Å²) in [5.41, 5.74) is 0.778. The van der Waals surface area contributed by atoms with Gasteiger partial charge in [-0.2, -0.15) is 0 Å². The van der Waals surface area contributed by atoms with Crippen molar-refractivity contribution >= 4 is 27.3 Å². The maximum Gasteiger partial charge on any atom is 0.221 e. The summed E-state index contributed by atoms with van der Waals surface area (Å²) in [7, 11) is -3.49. The van der Waals surface area contributed by atoms with Crippen LogP contribution in [0.15, 0.2) is 24.3 Å². The fourth-order valence-corrected chi connectivity index (χ4v) is 3.69. The normalized spacial score (nSPS) is 11.5. The maximum absolute atomic E-state index is 12.2. The molecule has 0 saturated heterocycles. The van der Waals surface area contributed by atoms with E-state index >= 15 is 0 Å². The van der Waals surface area contributed by atoms with Gasteiger partial charge in [-0.15, -0.1) is 5.10 Å². The number of sulfone groups is 1. The van der Waals surface area contributed by atoms with E-state index in [1.165, 1.54) is 4.68 Å². The molecular formula is C16H22ClN5O3S. The molecule has 1 amide bonds. The Hall–Kier alpha value is -2.00. The van der Waals surface area contributed by atoms with E-state index in [1.54, 1.807) is 18.2 Å². The van der Waals surface area contributed by atoms with E-state index in [0.29, 0.717) is 17.4 Å². The van der Waals surface area contributed by atoms with Crippen molar-refractivity contribution in [3.05, 3.63) is 40.7 Å². The molecule has 8 nitrogen and oxygen atoms in total. The zero-order valence-electron chi connectivity index (χ0n) is 14.6. The SMILES string of the molecule is CCCCn1nnnc1CS(=O)(=O)CCC(=O)NCc1ccccc1Cl. The quantitative estimate of drug-likeness (QED) is 0.652. The molecule has 0 unspecified atom stereocenters. The molecule has 26 heavy (non-hydrogen) atoms. The highest BCUT2D eigenvalue weighted by Crippen LogP contribution is 2.14. The van der Waals surface area contributed by atoms with Crippen LogP contribution >= 0.6 is 11.6 Å². The van der Waals surface area contributed by atoms with Crippen LogP contribution in [0.3, 0.4) is 0 Å². The van der Waals surface area contributed by atoms with Gasteiger partial charge in [0.2, 0.25) is 5.91 Å². The molecule has 142 valence electrons. The summed E-state index contributed by atoms with van der Waals surface area (Å²) in [6.45, 7) is 2.86. The second-order valence-corrected chi connectivity index (χ2v) is 8.47. The molecule has 2 rings (SSSR count). The van der Waals surface area contributed by atoms with Gasteiger partial charge in [0.15, 0.2) is 15.7 Å². The largest absolute Gasteiger partial charge is 0.352 e. The van der Waals surface area contributed by atoms with Gasteiger partial charge in [-0.1, -0.05) is 43.1 Å². The number of nitrogens with zero attached hydrogens (tertiary/aromatic N) is 4. The van der Waals surface area contributed by atoms with Crippen LogP contribution in [0.4, 0.5) is 0 Å². The summed E-state index contributed by atoms with van der Waals surface area (Å²) in [5, 5.41) is 14.3. The van der Waals surface area contributed by atoms with Crippen molar-refractivity contribution in [2.45, 2.75) is 45.0 Å². The molecule has 2 aromatic rings. The first-order valence-corrected chi connectivity index (χ1v) is 10.6. The molecule has 0 radical (unpaired) electrons. The van der Waals surface area contributed by atoms with Gasteiger partial charge in [0.1, 0.15) is 5.75 Å². The van der Waals surface area contributed by atoms with Crippen LogP contribution < -0.4 is 5.32 Å². The highest BCUT2D eigenvalue weighted by atomic mass is 35.5. The van der Waals surface area contributed by atoms with Gasteiger partial charge < -0.3 is 5.32 Å². The van der Waals surface area contributed by atoms with Crippen molar-refractivity contribution in [2.24, 2.45) is 0 Å². The second kappa shape index (κ2) is 9.63. The van der Waals surface area contributed by atoms with Crippen LogP contribution in [0.25, 0.3) is 0 Å². The zero-order chi connectivity index (χ0) is 19.0. The van der Waals surface area contributed by atoms with E-state index in [4.69, 9.17) is 11.6 Å². The van der Waals surface area contributed by atoms with Crippen molar-refractivity contribution < 1.29 is 13.2 Å². The number of tetrazole rings is 1. The molecule has 1 N–H and O–H groups in total. The Bertz CT molecular complexity index is 838. The predicted octanol–water partition coefficient (Wildman–Crippen LogP) is 1.75. The molecule has 0 aliphatic carbocycles. The third-order valence-electron chi connectivity index (χ3n) is 3.75. The number of aryl methyl sites for hydroxylation is 1. The van der Waals surface area contributed by atoms with Gasteiger partial charge in [-0.05, 0) is 28.5 Å². The summed E-state index contributed by atoms with van der Waals surface area (Å²) in [4.78, 5) is 11.9. The lowest BCUT2D eigenvalue weighted by Gasteiger charge is -2.08. The third-order valence-corrected chi connectivity index (χ3v) is 5.65. The molecule has 0 bridgehead atoms. The van der Waals surface area contributed by atoms with E-state index in [1.807, 2.05) is 13.0 Å². The third kappa shape index (κ3) is 6.38. The summed E-state index contributed by atoms with van der Waals surface area (Å²) in [5.74, 6) is -0.585. The van der Waals surface area contributed by atoms with Crippen molar-refractivity contribution in [2.75, 3.05) is 5.75 Å². The van der Waals surface area contributed by atoms with Crippen molar-refractivity contribution in [3.63, 3.8) is 0 Å². The van der Waals surface area contributed by atoms with Gasteiger partial charge in [0.25, 0.3) is 0 Å². The number of hydrogen-bond acceptors (Lipinski definition) is 6. The Morgan fingerprint density at radius 1 is 1.31 bits per heavy atom. The van der Waals surface area contributed by atoms with E-state index in [0.717, 1.165) is 18.4 Å². The average molecular weight is 400 g/mol. The van der Waals surface area contributed by atoms with E-state index in [2.05, 4.69) is 20.8 Å². The van der Waals surface area contributed by atoms with E-state index in [9.17, 15) is 13.2 Å². The standard InChI is InChI=1S/C16H22ClN5O3S/c1-2-3-9-22-15(19-20-21-22)12-26(24,25)10-8-16(23)18-11-13-6-4-5-7-14(13)17/h4-7H,2-3,8-12H2,1H3,(H,18,23). The van der Waals surface area contributed by atoms with Crippen LogP contribution in [0.5, 0.6) is 0 Å². The lowest BCUT2D eigenvalue weighted by molar-refractivity contribution is -0.120. The molecule has 0 aliphatic rings. The number of benzene rings is 1. The molecule has 1 heterocycles. The fraction of sp³-hybridized carbons (Fsp3) is 0.500. The van der Waals surface area contributed by atoms with Crippen molar-refractivity contribution in [3.8, 4) is 0 Å². The molecule has 0 saturated carbocycles. The number of carbonyl (C=O) groups excluding carboxylic acids is 1. The Labute approximate surface area is 157 Å². The van der Waals surface area contributed by atoms with Gasteiger partial charge in [-0.25, -0.2) is 13.1 Å². The lowest BCUT2D eigenvalue weighted by atomic mass is 10.2. The minimum atomic E-state index is -3.49. The number of carbonyl (C=O) groups is 1. The Morgan fingerprint density at radius 2 is 2.08 bits per heavy atom. The maximum atomic E-state index is 12.2. The number of nitrogens with one attached hydrogen (secondary N) is 1. The molecular weight excluding hydrogens is 378 g/mol. The molecule has 0 atom stereocenters. The van der Waals surface area contributed by atoms with Crippen LogP contribution in [0.1, 0.15) is 37.6 Å².